The van der Waals surface area contributed by atoms with Crippen LogP contribution >= 0.6 is 0 Å². The largest absolute Gasteiger partial charge is 0.376 e. The van der Waals surface area contributed by atoms with Gasteiger partial charge in [0.15, 0.2) is 0 Å². The molecule has 1 aromatic heterocycles. The Kier molecular flexibility index (Phi) is 3.82. The molecule has 3 rings (SSSR count). The average molecular weight is 291 g/mol. The van der Waals surface area contributed by atoms with Crippen LogP contribution in [-0.2, 0) is 4.74 Å². The first kappa shape index (κ1) is 14.3. The van der Waals surface area contributed by atoms with E-state index in [2.05, 4.69) is 22.1 Å². The maximum absolute atomic E-state index is 12.2. The summed E-state index contributed by atoms with van der Waals surface area (Å²) in [6, 6.07) is 3.78. The van der Waals surface area contributed by atoms with Crippen LogP contribution in [0.4, 0.5) is 0 Å². The van der Waals surface area contributed by atoms with Crippen LogP contribution in [0.5, 0.6) is 0 Å². The van der Waals surface area contributed by atoms with Crippen molar-refractivity contribution in [2.45, 2.75) is 38.5 Å². The van der Waals surface area contributed by atoms with Gasteiger partial charge < -0.3 is 15.0 Å². The second-order valence-corrected chi connectivity index (χ2v) is 6.04. The van der Waals surface area contributed by atoms with Gasteiger partial charge in [-0.3, -0.25) is 14.5 Å². The molecule has 0 saturated carbocycles. The highest BCUT2D eigenvalue weighted by Gasteiger charge is 2.36. The fourth-order valence-electron chi connectivity index (χ4n) is 3.16. The summed E-state index contributed by atoms with van der Waals surface area (Å²) in [5, 5.41) is 2.97. The molecule has 1 amide bonds. The summed E-state index contributed by atoms with van der Waals surface area (Å²) in [7, 11) is 0. The van der Waals surface area contributed by atoms with Gasteiger partial charge in [0, 0.05) is 30.9 Å². The van der Waals surface area contributed by atoms with Crippen LogP contribution in [0.15, 0.2) is 16.9 Å². The predicted molar refractivity (Wildman–Crippen MR) is 78.4 cm³/mol. The van der Waals surface area contributed by atoms with E-state index in [0.29, 0.717) is 6.04 Å². The molecular weight excluding hydrogens is 270 g/mol. The number of aromatic amines is 1. The maximum Gasteiger partial charge on any atom is 0.260 e. The normalized spacial score (nSPS) is 29.1. The van der Waals surface area contributed by atoms with E-state index >= 15 is 0 Å². The van der Waals surface area contributed by atoms with Gasteiger partial charge in [-0.2, -0.15) is 0 Å². The Morgan fingerprint density at radius 2 is 2.24 bits per heavy atom. The van der Waals surface area contributed by atoms with Crippen molar-refractivity contribution in [2.75, 3.05) is 19.7 Å². The number of aromatic nitrogens is 1. The molecule has 6 nitrogen and oxygen atoms in total. The van der Waals surface area contributed by atoms with E-state index in [1.807, 2.05) is 0 Å². The van der Waals surface area contributed by atoms with E-state index < -0.39 is 0 Å². The summed E-state index contributed by atoms with van der Waals surface area (Å²) in [5.74, 6) is -0.296. The number of fused-ring (bicyclic) bond motifs is 1. The number of carbonyl (C=O) groups excluding carboxylic acids is 1. The summed E-state index contributed by atoms with van der Waals surface area (Å²) in [6.45, 7) is 6.31. The lowest BCUT2D eigenvalue weighted by Crippen LogP contribution is -2.45. The van der Waals surface area contributed by atoms with Gasteiger partial charge in [0.25, 0.3) is 11.5 Å². The first-order valence-electron chi connectivity index (χ1n) is 7.39. The molecule has 0 aliphatic carbocycles. The van der Waals surface area contributed by atoms with E-state index in [4.69, 9.17) is 4.74 Å². The molecule has 2 aliphatic rings. The molecule has 0 radical (unpaired) electrons. The van der Waals surface area contributed by atoms with Gasteiger partial charge in [0.1, 0.15) is 5.56 Å². The minimum absolute atomic E-state index is 0.0807. The topological polar surface area (TPSA) is 74.4 Å². The van der Waals surface area contributed by atoms with E-state index in [1.54, 1.807) is 19.1 Å². The maximum atomic E-state index is 12.2. The third-order valence-corrected chi connectivity index (χ3v) is 4.23. The van der Waals surface area contributed by atoms with Crippen molar-refractivity contribution in [3.63, 3.8) is 0 Å². The van der Waals surface area contributed by atoms with Crippen LogP contribution in [0, 0.1) is 6.92 Å². The zero-order chi connectivity index (χ0) is 15.0. The number of ether oxygens (including phenoxy) is 1. The smallest absolute Gasteiger partial charge is 0.260 e. The lowest BCUT2D eigenvalue weighted by molar-refractivity contribution is -0.0390. The summed E-state index contributed by atoms with van der Waals surface area (Å²) >= 11 is 0. The van der Waals surface area contributed by atoms with Crippen molar-refractivity contribution in [1.82, 2.24) is 15.2 Å². The number of nitrogens with zero attached hydrogens (tertiary/aromatic N) is 1. The number of morpholine rings is 1. The minimum atomic E-state index is -0.333. The van der Waals surface area contributed by atoms with Crippen LogP contribution in [0.25, 0.3) is 0 Å². The lowest BCUT2D eigenvalue weighted by Gasteiger charge is -2.33. The molecule has 3 heterocycles. The Bertz CT molecular complexity index is 598. The van der Waals surface area contributed by atoms with E-state index in [-0.39, 0.29) is 29.2 Å². The van der Waals surface area contributed by atoms with Gasteiger partial charge in [-0.05, 0) is 32.4 Å². The number of pyridine rings is 1. The summed E-state index contributed by atoms with van der Waals surface area (Å²) in [6.07, 6.45) is 1.12. The average Bonchev–Trinajstić information content (AvgIpc) is 2.79. The highest BCUT2D eigenvalue weighted by Crippen LogP contribution is 2.23. The zero-order valence-electron chi connectivity index (χ0n) is 12.4. The number of hydrogen-bond donors (Lipinski definition) is 2. The van der Waals surface area contributed by atoms with Crippen molar-refractivity contribution < 1.29 is 9.53 Å². The Morgan fingerprint density at radius 3 is 3.00 bits per heavy atom. The number of amides is 1. The monoisotopic (exact) mass is 291 g/mol. The third kappa shape index (κ3) is 3.01. The van der Waals surface area contributed by atoms with E-state index in [1.165, 1.54) is 0 Å². The van der Waals surface area contributed by atoms with Gasteiger partial charge in [-0.15, -0.1) is 0 Å². The quantitative estimate of drug-likeness (QED) is 0.820. The van der Waals surface area contributed by atoms with Crippen molar-refractivity contribution in [3.8, 4) is 0 Å². The molecule has 2 saturated heterocycles. The van der Waals surface area contributed by atoms with Crippen LogP contribution in [-0.4, -0.2) is 53.7 Å². The molecule has 6 heteroatoms. The molecule has 0 bridgehead atoms. The SMILES string of the molecule is Cc1ccc(C(=O)N[C@H]2C[C@H]3CO[C@@H](C)CN3C2)c(=O)[nH]1. The number of aryl methyl sites for hydroxylation is 1. The number of nitrogens with one attached hydrogen (secondary N) is 2. The fraction of sp³-hybridized carbons (Fsp3) is 0.600. The Hall–Kier alpha value is -1.66. The summed E-state index contributed by atoms with van der Waals surface area (Å²) in [4.78, 5) is 29.0. The molecular formula is C15H21N3O3. The second kappa shape index (κ2) is 5.61. The van der Waals surface area contributed by atoms with Crippen molar-refractivity contribution >= 4 is 5.91 Å². The minimum Gasteiger partial charge on any atom is -0.376 e. The van der Waals surface area contributed by atoms with Crippen LogP contribution < -0.4 is 10.9 Å². The van der Waals surface area contributed by atoms with Crippen LogP contribution in [0.3, 0.4) is 0 Å². The molecule has 0 spiro atoms. The van der Waals surface area contributed by atoms with Crippen molar-refractivity contribution in [2.24, 2.45) is 0 Å². The lowest BCUT2D eigenvalue weighted by atomic mass is 10.1. The molecule has 2 N–H and O–H groups in total. The molecule has 21 heavy (non-hydrogen) atoms. The molecule has 0 aromatic carbocycles. The van der Waals surface area contributed by atoms with Crippen molar-refractivity contribution in [1.29, 1.82) is 0 Å². The number of carbonyl (C=O) groups is 1. The number of H-pyrrole nitrogens is 1. The standard InChI is InChI=1S/C15H21N3O3/c1-9-3-4-13(14(19)16-9)15(20)17-11-5-12-8-21-10(2)6-18(12)7-11/h3-4,10-12H,5-8H2,1-2H3,(H,16,19)(H,17,20)/t10-,11-,12-/m0/s1. The fourth-order valence-corrected chi connectivity index (χ4v) is 3.16. The van der Waals surface area contributed by atoms with Crippen molar-refractivity contribution in [3.05, 3.63) is 33.7 Å². The molecule has 2 fully saturated rings. The van der Waals surface area contributed by atoms with Gasteiger partial charge in [-0.1, -0.05) is 0 Å². The third-order valence-electron chi connectivity index (χ3n) is 4.23. The highest BCUT2D eigenvalue weighted by molar-refractivity contribution is 5.94. The zero-order valence-corrected chi connectivity index (χ0v) is 12.4. The van der Waals surface area contributed by atoms with Gasteiger partial charge in [0.2, 0.25) is 0 Å². The van der Waals surface area contributed by atoms with Crippen LogP contribution in [0.2, 0.25) is 0 Å². The molecule has 1 aromatic rings. The highest BCUT2D eigenvalue weighted by atomic mass is 16.5. The molecule has 2 aliphatic heterocycles. The van der Waals surface area contributed by atoms with E-state index in [0.717, 1.165) is 31.8 Å². The first-order valence-corrected chi connectivity index (χ1v) is 7.39. The number of rotatable bonds is 2. The van der Waals surface area contributed by atoms with Crippen LogP contribution in [0.1, 0.15) is 29.4 Å². The molecule has 0 unspecified atom stereocenters. The van der Waals surface area contributed by atoms with E-state index in [9.17, 15) is 9.59 Å². The Morgan fingerprint density at radius 1 is 1.43 bits per heavy atom. The predicted octanol–water partition coefficient (Wildman–Crippen LogP) is 0.275. The molecule has 114 valence electrons. The van der Waals surface area contributed by atoms with Gasteiger partial charge in [0.05, 0.1) is 12.7 Å². The molecule has 3 atom stereocenters. The second-order valence-electron chi connectivity index (χ2n) is 6.04. The summed E-state index contributed by atoms with van der Waals surface area (Å²) in [5.41, 5.74) is 0.593. The summed E-state index contributed by atoms with van der Waals surface area (Å²) < 4.78 is 5.65. The first-order chi connectivity index (χ1) is 10.0. The van der Waals surface area contributed by atoms with Gasteiger partial charge >= 0.3 is 0 Å². The Labute approximate surface area is 123 Å². The van der Waals surface area contributed by atoms with Gasteiger partial charge in [-0.25, -0.2) is 0 Å². The Balaban J connectivity index is 1.65. The number of hydrogen-bond acceptors (Lipinski definition) is 4.